The molecule has 1 aromatic heterocycles. The molecule has 8 aromatic carbocycles. The van der Waals surface area contributed by atoms with Crippen molar-refractivity contribution in [3.63, 3.8) is 0 Å². The van der Waals surface area contributed by atoms with E-state index in [1.165, 1.54) is 87.4 Å². The van der Waals surface area contributed by atoms with E-state index in [4.69, 9.17) is 0 Å². The zero-order chi connectivity index (χ0) is 39.3. The SMILES string of the molecule is CS1(C)c2ccccc2C2(c3ccccc3-n3c4ccccc4c4cccc2c43)c2cc(C3NCNC(c4ccccc4)(c4ccc(-c5ccccc5)cc4)N3)ccc21. The van der Waals surface area contributed by atoms with Gasteiger partial charge in [-0.05, 0) is 96.6 Å². The molecule has 1 saturated heterocycles. The molecule has 3 N–H and O–H groups in total. The number of benzene rings is 8. The summed E-state index contributed by atoms with van der Waals surface area (Å²) in [6, 6.07) is 72.4. The largest absolute Gasteiger partial charge is 0.309 e. The molecule has 3 unspecified atom stereocenters. The van der Waals surface area contributed by atoms with Crippen molar-refractivity contribution in [1.29, 1.82) is 0 Å². The molecule has 9 aromatic rings. The summed E-state index contributed by atoms with van der Waals surface area (Å²) in [6.07, 6.45) is 4.83. The lowest BCUT2D eigenvalue weighted by Crippen LogP contribution is -2.65. The van der Waals surface area contributed by atoms with Crippen LogP contribution in [0.1, 0.15) is 45.1 Å². The van der Waals surface area contributed by atoms with Crippen molar-refractivity contribution < 1.29 is 0 Å². The minimum Gasteiger partial charge on any atom is -0.309 e. The number of aromatic nitrogens is 1. The van der Waals surface area contributed by atoms with E-state index in [0.717, 1.165) is 0 Å². The lowest BCUT2D eigenvalue weighted by atomic mass is 9.62. The molecule has 3 atom stereocenters. The summed E-state index contributed by atoms with van der Waals surface area (Å²) in [6.45, 7) is 0.622. The summed E-state index contributed by atoms with van der Waals surface area (Å²) in [5.74, 6) is 0. The van der Waals surface area contributed by atoms with Gasteiger partial charge in [0.1, 0.15) is 5.66 Å². The van der Waals surface area contributed by atoms with Gasteiger partial charge in [0.25, 0.3) is 0 Å². The highest BCUT2D eigenvalue weighted by atomic mass is 32.3. The second-order valence-electron chi connectivity index (χ2n) is 16.6. The van der Waals surface area contributed by atoms with E-state index in [1.807, 2.05) is 0 Å². The molecule has 1 fully saturated rings. The van der Waals surface area contributed by atoms with Crippen LogP contribution < -0.4 is 16.0 Å². The van der Waals surface area contributed by atoms with Crippen LogP contribution in [0.4, 0.5) is 0 Å². The first-order valence-electron chi connectivity index (χ1n) is 20.6. The van der Waals surface area contributed by atoms with Crippen LogP contribution in [0.2, 0.25) is 0 Å². The Morgan fingerprint density at radius 1 is 0.525 bits per heavy atom. The van der Waals surface area contributed by atoms with E-state index in [9.17, 15) is 0 Å². The Morgan fingerprint density at radius 2 is 1.15 bits per heavy atom. The van der Waals surface area contributed by atoms with Crippen molar-refractivity contribution in [2.75, 3.05) is 19.2 Å². The van der Waals surface area contributed by atoms with Gasteiger partial charge in [0.2, 0.25) is 0 Å². The van der Waals surface area contributed by atoms with E-state index >= 15 is 0 Å². The van der Waals surface area contributed by atoms with Crippen LogP contribution in [-0.4, -0.2) is 23.7 Å². The zero-order valence-corrected chi connectivity index (χ0v) is 33.9. The van der Waals surface area contributed by atoms with Gasteiger partial charge < -0.3 is 4.57 Å². The van der Waals surface area contributed by atoms with Crippen LogP contribution in [-0.2, 0) is 11.1 Å². The summed E-state index contributed by atoms with van der Waals surface area (Å²) < 4.78 is 2.53. The maximum Gasteiger partial charge on any atom is 0.124 e. The molecule has 286 valence electrons. The van der Waals surface area contributed by atoms with Gasteiger partial charge >= 0.3 is 0 Å². The second kappa shape index (κ2) is 12.9. The Kier molecular flexibility index (Phi) is 7.60. The van der Waals surface area contributed by atoms with Gasteiger partial charge in [0.05, 0.1) is 28.3 Å². The monoisotopic (exact) mass is 780 g/mol. The second-order valence-corrected chi connectivity index (χ2v) is 20.1. The fourth-order valence-electron chi connectivity index (χ4n) is 10.8. The number of fused-ring (bicyclic) bond motifs is 11. The van der Waals surface area contributed by atoms with Crippen LogP contribution in [0.5, 0.6) is 0 Å². The molecule has 0 bridgehead atoms. The van der Waals surface area contributed by atoms with Crippen LogP contribution in [0.15, 0.2) is 204 Å². The summed E-state index contributed by atoms with van der Waals surface area (Å²) in [4.78, 5) is 2.90. The van der Waals surface area contributed by atoms with Gasteiger partial charge in [-0.15, -0.1) is 0 Å². The van der Waals surface area contributed by atoms with Gasteiger partial charge in [-0.3, -0.25) is 16.0 Å². The van der Waals surface area contributed by atoms with Gasteiger partial charge in [-0.1, -0.05) is 170 Å². The highest BCUT2D eigenvalue weighted by molar-refractivity contribution is 8.32. The maximum absolute atomic E-state index is 4.17. The first-order valence-corrected chi connectivity index (χ1v) is 23.0. The summed E-state index contributed by atoms with van der Waals surface area (Å²) in [5, 5.41) is 14.5. The normalized spacial score (nSPS) is 21.8. The predicted molar refractivity (Wildman–Crippen MR) is 245 cm³/mol. The van der Waals surface area contributed by atoms with Gasteiger partial charge in [0, 0.05) is 17.4 Å². The van der Waals surface area contributed by atoms with E-state index in [-0.39, 0.29) is 6.17 Å². The van der Waals surface area contributed by atoms with Crippen LogP contribution in [0.3, 0.4) is 0 Å². The predicted octanol–water partition coefficient (Wildman–Crippen LogP) is 11.6. The Bertz CT molecular complexity index is 3100. The molecule has 4 nitrogen and oxygen atoms in total. The number of rotatable bonds is 4. The molecule has 59 heavy (non-hydrogen) atoms. The Morgan fingerprint density at radius 3 is 1.98 bits per heavy atom. The number of hydrogen-bond acceptors (Lipinski definition) is 3. The topological polar surface area (TPSA) is 41.0 Å². The first kappa shape index (κ1) is 34.8. The average Bonchev–Trinajstić information content (AvgIpc) is 3.65. The molecule has 0 saturated carbocycles. The third-order valence-electron chi connectivity index (χ3n) is 13.4. The van der Waals surface area contributed by atoms with Crippen LogP contribution in [0, 0.1) is 0 Å². The van der Waals surface area contributed by atoms with Crippen molar-refractivity contribution in [2.45, 2.75) is 27.0 Å². The fourth-order valence-corrected chi connectivity index (χ4v) is 13.4. The molecule has 0 aliphatic carbocycles. The number of hydrogen-bond donors (Lipinski definition) is 3. The Labute approximate surface area is 346 Å². The van der Waals surface area contributed by atoms with E-state index in [2.05, 4.69) is 227 Å². The molecule has 0 radical (unpaired) electrons. The van der Waals surface area contributed by atoms with Gasteiger partial charge in [-0.2, -0.15) is 10.0 Å². The lowest BCUT2D eigenvalue weighted by molar-refractivity contribution is 0.192. The first-order chi connectivity index (χ1) is 29.0. The van der Waals surface area contributed by atoms with Crippen LogP contribution in [0.25, 0.3) is 38.6 Å². The lowest BCUT2D eigenvalue weighted by Gasteiger charge is -2.52. The summed E-state index contributed by atoms with van der Waals surface area (Å²) in [5.41, 5.74) is 14.0. The molecule has 1 spiro atoms. The number of nitrogens with one attached hydrogen (secondary N) is 3. The Balaban J connectivity index is 1.09. The van der Waals surface area contributed by atoms with E-state index in [1.54, 1.807) is 0 Å². The van der Waals surface area contributed by atoms with Crippen molar-refractivity contribution in [3.8, 4) is 16.8 Å². The molecular weight excluding hydrogens is 737 g/mol. The average molecular weight is 781 g/mol. The maximum atomic E-state index is 4.17. The highest BCUT2D eigenvalue weighted by Gasteiger charge is 2.52. The standard InChI is InChI=1S/C54H44N4S/c1-59(2)49-27-14-11-23-44(49)53(43-22-10-13-26-48(43)58-47-25-12-9-20-41(47)42-21-15-24-45(53)51(42)58)46-34-38(30-33-50(46)59)52-55-35-56-54(57-52,39-18-7-4-8-19-39)40-31-28-37(29-32-40)36-16-5-3-6-17-36/h3-34,52,55-57H,35H2,1-2H3. The minimum atomic E-state index is -1.39. The molecule has 0 amide bonds. The number of nitrogens with zero attached hydrogens (tertiary/aromatic N) is 1. The third kappa shape index (κ3) is 4.79. The fraction of sp³-hybridized carbons (Fsp3) is 0.111. The smallest absolute Gasteiger partial charge is 0.124 e. The Hall–Kier alpha value is -6.21. The van der Waals surface area contributed by atoms with Gasteiger partial charge in [0.15, 0.2) is 0 Å². The molecular formula is C54H44N4S. The zero-order valence-electron chi connectivity index (χ0n) is 33.1. The molecule has 12 rings (SSSR count). The van der Waals surface area contributed by atoms with Crippen molar-refractivity contribution >= 4 is 31.8 Å². The third-order valence-corrected chi connectivity index (χ3v) is 16.3. The van der Waals surface area contributed by atoms with E-state index in [0.29, 0.717) is 6.67 Å². The molecule has 3 aliphatic heterocycles. The molecule has 3 aliphatic rings. The van der Waals surface area contributed by atoms with Crippen molar-refractivity contribution in [1.82, 2.24) is 20.5 Å². The highest BCUT2D eigenvalue weighted by Crippen LogP contribution is 2.70. The summed E-state index contributed by atoms with van der Waals surface area (Å²) >= 11 is 0. The quantitative estimate of drug-likeness (QED) is 0.167. The van der Waals surface area contributed by atoms with Crippen molar-refractivity contribution in [3.05, 3.63) is 233 Å². The molecule has 5 heteroatoms. The van der Waals surface area contributed by atoms with Crippen molar-refractivity contribution in [2.24, 2.45) is 0 Å². The van der Waals surface area contributed by atoms with Gasteiger partial charge in [-0.25, -0.2) is 0 Å². The number of para-hydroxylation sites is 3. The van der Waals surface area contributed by atoms with Crippen LogP contribution >= 0.6 is 10.0 Å². The minimum absolute atomic E-state index is 0.149. The summed E-state index contributed by atoms with van der Waals surface area (Å²) in [7, 11) is -1.39. The molecule has 4 heterocycles. The van der Waals surface area contributed by atoms with E-state index < -0.39 is 21.1 Å².